The summed E-state index contributed by atoms with van der Waals surface area (Å²) in [6.45, 7) is 0.298. The molecule has 0 N–H and O–H groups in total. The van der Waals surface area contributed by atoms with Crippen LogP contribution in [0.5, 0.6) is 5.75 Å². The number of benzene rings is 3. The van der Waals surface area contributed by atoms with Crippen LogP contribution in [0.1, 0.15) is 23.0 Å². The lowest BCUT2D eigenvalue weighted by molar-refractivity contribution is -0.112. The summed E-state index contributed by atoms with van der Waals surface area (Å²) in [5.74, 6) is 1.67. The van der Waals surface area contributed by atoms with E-state index in [9.17, 15) is 4.39 Å². The van der Waals surface area contributed by atoms with Crippen molar-refractivity contribution in [2.45, 2.75) is 23.8 Å². The van der Waals surface area contributed by atoms with Crippen molar-refractivity contribution in [1.29, 1.82) is 0 Å². The Labute approximate surface area is 183 Å². The Kier molecular flexibility index (Phi) is 5.44. The highest BCUT2D eigenvalue weighted by Gasteiger charge is 2.25. The van der Waals surface area contributed by atoms with Gasteiger partial charge in [-0.25, -0.2) is 4.39 Å². The maximum atomic E-state index is 14.3. The van der Waals surface area contributed by atoms with E-state index in [4.69, 9.17) is 9.47 Å². The van der Waals surface area contributed by atoms with E-state index in [1.807, 2.05) is 72.3 Å². The van der Waals surface area contributed by atoms with E-state index in [0.29, 0.717) is 23.7 Å². The number of halogens is 1. The van der Waals surface area contributed by atoms with Crippen LogP contribution in [0.3, 0.4) is 0 Å². The van der Waals surface area contributed by atoms with Gasteiger partial charge in [-0.3, -0.25) is 0 Å². The summed E-state index contributed by atoms with van der Waals surface area (Å²) in [5.41, 5.74) is 3.41. The summed E-state index contributed by atoms with van der Waals surface area (Å²) in [7, 11) is 1.93. The van der Waals surface area contributed by atoms with Crippen LogP contribution in [0.25, 0.3) is 11.4 Å². The Morgan fingerprint density at radius 3 is 2.55 bits per heavy atom. The van der Waals surface area contributed by atoms with Gasteiger partial charge in [0.25, 0.3) is 0 Å². The Morgan fingerprint density at radius 2 is 1.77 bits per heavy atom. The molecule has 0 aliphatic carbocycles. The maximum absolute atomic E-state index is 14.3. The molecular formula is C24H20FN3O2S. The first-order valence-electron chi connectivity index (χ1n) is 9.91. The van der Waals surface area contributed by atoms with Crippen LogP contribution in [-0.4, -0.2) is 14.8 Å². The molecule has 7 heteroatoms. The van der Waals surface area contributed by atoms with Gasteiger partial charge in [-0.05, 0) is 12.1 Å². The number of thioether (sulfide) groups is 1. The average Bonchev–Trinajstić information content (AvgIpc) is 3.18. The van der Waals surface area contributed by atoms with Gasteiger partial charge in [0.1, 0.15) is 11.6 Å². The molecule has 0 fully saturated rings. The first-order valence-corrected chi connectivity index (χ1v) is 10.9. The largest absolute Gasteiger partial charge is 0.460 e. The van der Waals surface area contributed by atoms with Gasteiger partial charge in [0.05, 0.1) is 6.61 Å². The summed E-state index contributed by atoms with van der Waals surface area (Å²) in [4.78, 5) is 0. The van der Waals surface area contributed by atoms with Crippen molar-refractivity contribution in [2.75, 3.05) is 0 Å². The number of fused-ring (bicyclic) bond motifs is 1. The molecule has 156 valence electrons. The fourth-order valence-corrected chi connectivity index (χ4v) is 4.46. The second kappa shape index (κ2) is 8.53. The molecule has 1 aliphatic heterocycles. The first-order chi connectivity index (χ1) is 15.2. The van der Waals surface area contributed by atoms with Crippen molar-refractivity contribution in [3.8, 4) is 17.1 Å². The fourth-order valence-electron chi connectivity index (χ4n) is 3.58. The molecule has 4 aromatic rings. The highest BCUT2D eigenvalue weighted by Crippen LogP contribution is 2.39. The summed E-state index contributed by atoms with van der Waals surface area (Å²) in [5, 5.41) is 9.40. The van der Waals surface area contributed by atoms with Gasteiger partial charge in [0.2, 0.25) is 6.29 Å². The third-order valence-electron chi connectivity index (χ3n) is 5.12. The van der Waals surface area contributed by atoms with Gasteiger partial charge >= 0.3 is 0 Å². The summed E-state index contributed by atoms with van der Waals surface area (Å²) in [6.07, 6.45) is -0.512. The highest BCUT2D eigenvalue weighted by molar-refractivity contribution is 7.98. The first kappa shape index (κ1) is 19.8. The quantitative estimate of drug-likeness (QED) is 0.388. The molecule has 0 saturated heterocycles. The van der Waals surface area contributed by atoms with Crippen molar-refractivity contribution in [1.82, 2.24) is 14.8 Å². The Morgan fingerprint density at radius 1 is 1.03 bits per heavy atom. The molecule has 2 heterocycles. The zero-order chi connectivity index (χ0) is 21.2. The van der Waals surface area contributed by atoms with Gasteiger partial charge in [-0.2, -0.15) is 0 Å². The molecule has 31 heavy (non-hydrogen) atoms. The minimum atomic E-state index is -0.512. The average molecular weight is 434 g/mol. The van der Waals surface area contributed by atoms with Crippen LogP contribution in [0.4, 0.5) is 4.39 Å². The molecular weight excluding hydrogens is 413 g/mol. The van der Waals surface area contributed by atoms with Gasteiger partial charge in [0.15, 0.2) is 11.0 Å². The van der Waals surface area contributed by atoms with E-state index in [1.165, 1.54) is 23.9 Å². The lowest BCUT2D eigenvalue weighted by Gasteiger charge is -2.28. The molecule has 1 atom stereocenters. The second-order valence-corrected chi connectivity index (χ2v) is 8.19. The van der Waals surface area contributed by atoms with Crippen LogP contribution in [0.15, 0.2) is 78.0 Å². The molecule has 0 bridgehead atoms. The Bertz CT molecular complexity index is 1200. The minimum Gasteiger partial charge on any atom is -0.460 e. The monoisotopic (exact) mass is 433 g/mol. The van der Waals surface area contributed by atoms with Gasteiger partial charge in [-0.15, -0.1) is 10.2 Å². The van der Waals surface area contributed by atoms with Gasteiger partial charge < -0.3 is 14.0 Å². The third-order valence-corrected chi connectivity index (χ3v) is 6.19. The molecule has 0 amide bonds. The normalized spacial score (nSPS) is 15.4. The summed E-state index contributed by atoms with van der Waals surface area (Å²) in [6, 6.07) is 22.6. The molecule has 0 radical (unpaired) electrons. The maximum Gasteiger partial charge on any atom is 0.227 e. The predicted molar refractivity (Wildman–Crippen MR) is 117 cm³/mol. The van der Waals surface area contributed by atoms with E-state index < -0.39 is 6.29 Å². The minimum absolute atomic E-state index is 0.298. The van der Waals surface area contributed by atoms with Crippen molar-refractivity contribution in [3.05, 3.63) is 95.3 Å². The van der Waals surface area contributed by atoms with Crippen molar-refractivity contribution in [2.24, 2.45) is 7.05 Å². The fraction of sp³-hybridized carbons (Fsp3) is 0.167. The molecule has 3 aromatic carbocycles. The number of rotatable bonds is 5. The third kappa shape index (κ3) is 4.06. The van der Waals surface area contributed by atoms with Crippen LogP contribution >= 0.6 is 11.8 Å². The lowest BCUT2D eigenvalue weighted by atomic mass is 10.1. The SMILES string of the molecule is Cn1c(SCc2cc(F)cc3c2OC(c2ccccc2)OC3)nnc1-c1ccccc1. The van der Waals surface area contributed by atoms with E-state index in [-0.39, 0.29) is 5.82 Å². The number of nitrogens with zero attached hydrogens (tertiary/aromatic N) is 3. The summed E-state index contributed by atoms with van der Waals surface area (Å²) >= 11 is 1.50. The summed E-state index contributed by atoms with van der Waals surface area (Å²) < 4.78 is 28.2. The zero-order valence-corrected chi connectivity index (χ0v) is 17.7. The van der Waals surface area contributed by atoms with E-state index in [0.717, 1.165) is 27.7 Å². The van der Waals surface area contributed by atoms with E-state index in [2.05, 4.69) is 10.2 Å². The number of aromatic nitrogens is 3. The number of hydrogen-bond donors (Lipinski definition) is 0. The van der Waals surface area contributed by atoms with E-state index >= 15 is 0 Å². The van der Waals surface area contributed by atoms with Crippen molar-refractivity contribution in [3.63, 3.8) is 0 Å². The topological polar surface area (TPSA) is 49.2 Å². The highest BCUT2D eigenvalue weighted by atomic mass is 32.2. The van der Waals surface area contributed by atoms with Gasteiger partial charge in [0, 0.05) is 35.1 Å². The van der Waals surface area contributed by atoms with Crippen LogP contribution in [0.2, 0.25) is 0 Å². The Hall–Kier alpha value is -3.16. The second-order valence-electron chi connectivity index (χ2n) is 7.24. The van der Waals surface area contributed by atoms with Crippen molar-refractivity contribution >= 4 is 11.8 Å². The van der Waals surface area contributed by atoms with E-state index in [1.54, 1.807) is 0 Å². The zero-order valence-electron chi connectivity index (χ0n) is 16.9. The molecule has 1 aliphatic rings. The number of ether oxygens (including phenoxy) is 2. The molecule has 1 aromatic heterocycles. The van der Waals surface area contributed by atoms with Gasteiger partial charge in [-0.1, -0.05) is 72.4 Å². The lowest BCUT2D eigenvalue weighted by Crippen LogP contribution is -2.19. The Balaban J connectivity index is 1.39. The predicted octanol–water partition coefficient (Wildman–Crippen LogP) is 5.52. The van der Waals surface area contributed by atoms with Crippen LogP contribution < -0.4 is 4.74 Å². The van der Waals surface area contributed by atoms with Crippen LogP contribution in [0, 0.1) is 5.82 Å². The van der Waals surface area contributed by atoms with Crippen molar-refractivity contribution < 1.29 is 13.9 Å². The number of hydrogen-bond acceptors (Lipinski definition) is 5. The molecule has 5 nitrogen and oxygen atoms in total. The molecule has 0 saturated carbocycles. The molecule has 5 rings (SSSR count). The van der Waals surface area contributed by atoms with Crippen LogP contribution in [-0.2, 0) is 24.1 Å². The molecule has 0 spiro atoms. The standard InChI is InChI=1S/C24H20FN3O2S/c1-28-22(16-8-4-2-5-9-16)26-27-24(28)31-15-19-13-20(25)12-18-14-29-23(30-21(18)19)17-10-6-3-7-11-17/h2-13,23H,14-15H2,1H3. The smallest absolute Gasteiger partial charge is 0.227 e. The molecule has 1 unspecified atom stereocenters.